The van der Waals surface area contributed by atoms with Crippen molar-refractivity contribution in [3.8, 4) is 0 Å². The summed E-state index contributed by atoms with van der Waals surface area (Å²) in [5, 5.41) is 2.23. The van der Waals surface area contributed by atoms with Gasteiger partial charge in [-0.25, -0.2) is 0 Å². The van der Waals surface area contributed by atoms with Crippen LogP contribution in [-0.4, -0.2) is 51.0 Å². The molecular formula is C21H20N4O4. The van der Waals surface area contributed by atoms with Gasteiger partial charge in [-0.3, -0.25) is 34.3 Å². The van der Waals surface area contributed by atoms with E-state index in [-0.39, 0.29) is 18.7 Å². The molecule has 1 fully saturated rings. The fourth-order valence-electron chi connectivity index (χ4n) is 4.49. The van der Waals surface area contributed by atoms with E-state index in [0.717, 1.165) is 30.0 Å². The highest BCUT2D eigenvalue weighted by Gasteiger charge is 2.45. The quantitative estimate of drug-likeness (QED) is 0.758. The highest BCUT2D eigenvalue weighted by molar-refractivity contribution is 6.24. The van der Waals surface area contributed by atoms with Gasteiger partial charge in [0.25, 0.3) is 11.8 Å². The van der Waals surface area contributed by atoms with Gasteiger partial charge in [0.1, 0.15) is 6.04 Å². The van der Waals surface area contributed by atoms with Gasteiger partial charge in [-0.1, -0.05) is 12.1 Å². The molecule has 1 aromatic heterocycles. The lowest BCUT2D eigenvalue weighted by molar-refractivity contribution is -0.136. The van der Waals surface area contributed by atoms with E-state index in [0.29, 0.717) is 17.7 Å². The van der Waals surface area contributed by atoms with Crippen LogP contribution in [0.5, 0.6) is 0 Å². The molecule has 1 aromatic carbocycles. The molecule has 2 aromatic rings. The number of carbonyl (C=O) groups is 4. The van der Waals surface area contributed by atoms with Crippen molar-refractivity contribution in [2.24, 2.45) is 0 Å². The Morgan fingerprint density at radius 3 is 2.72 bits per heavy atom. The van der Waals surface area contributed by atoms with Crippen molar-refractivity contribution >= 4 is 23.6 Å². The standard InChI is InChI=1S/C21H20N4O4/c26-17-5-4-16(19(27)23-17)25-20(28)14-3-1-2-13(18(14)21(25)29)10-24-9-7-12-6-8-22-15(12)11-24/h1-3,6,8,16,22H,4-5,7,9-11H2,(H,23,26,27). The van der Waals surface area contributed by atoms with Crippen LogP contribution in [0.2, 0.25) is 0 Å². The monoisotopic (exact) mass is 392 g/mol. The van der Waals surface area contributed by atoms with Crippen LogP contribution in [0.4, 0.5) is 0 Å². The van der Waals surface area contributed by atoms with E-state index in [1.54, 1.807) is 12.1 Å². The lowest BCUT2D eigenvalue weighted by Gasteiger charge is -2.28. The lowest BCUT2D eigenvalue weighted by Crippen LogP contribution is -2.54. The molecule has 4 amide bonds. The molecule has 1 atom stereocenters. The summed E-state index contributed by atoms with van der Waals surface area (Å²) in [6.45, 7) is 2.17. The Morgan fingerprint density at radius 1 is 1.03 bits per heavy atom. The molecule has 2 N–H and O–H groups in total. The van der Waals surface area contributed by atoms with Crippen molar-refractivity contribution in [1.82, 2.24) is 20.1 Å². The number of hydrogen-bond donors (Lipinski definition) is 2. The largest absolute Gasteiger partial charge is 0.364 e. The molecule has 3 aliphatic rings. The van der Waals surface area contributed by atoms with Crippen LogP contribution in [0.25, 0.3) is 0 Å². The first kappa shape index (κ1) is 17.8. The molecule has 0 spiro atoms. The van der Waals surface area contributed by atoms with Gasteiger partial charge in [-0.15, -0.1) is 0 Å². The first-order chi connectivity index (χ1) is 14.0. The normalized spacial score (nSPS) is 21.9. The second kappa shape index (κ2) is 6.66. The summed E-state index contributed by atoms with van der Waals surface area (Å²) in [7, 11) is 0. The summed E-state index contributed by atoms with van der Waals surface area (Å²) in [6, 6.07) is 6.42. The van der Waals surface area contributed by atoms with Gasteiger partial charge < -0.3 is 4.98 Å². The van der Waals surface area contributed by atoms with Crippen molar-refractivity contribution < 1.29 is 19.2 Å². The highest BCUT2D eigenvalue weighted by atomic mass is 16.2. The molecule has 8 nitrogen and oxygen atoms in total. The third-order valence-corrected chi connectivity index (χ3v) is 5.96. The lowest BCUT2D eigenvalue weighted by atomic mass is 10.0. The van der Waals surface area contributed by atoms with Crippen LogP contribution in [0, 0.1) is 0 Å². The van der Waals surface area contributed by atoms with Crippen molar-refractivity contribution in [1.29, 1.82) is 0 Å². The molecule has 0 saturated carbocycles. The van der Waals surface area contributed by atoms with Crippen LogP contribution >= 0.6 is 0 Å². The number of nitrogens with one attached hydrogen (secondary N) is 2. The molecule has 4 heterocycles. The molecule has 0 bridgehead atoms. The minimum atomic E-state index is -0.940. The Bertz CT molecular complexity index is 1060. The number of amides is 4. The Balaban J connectivity index is 1.42. The predicted octanol–water partition coefficient (Wildman–Crippen LogP) is 0.974. The van der Waals surface area contributed by atoms with Crippen molar-refractivity contribution in [2.75, 3.05) is 6.54 Å². The molecule has 29 heavy (non-hydrogen) atoms. The first-order valence-electron chi connectivity index (χ1n) is 9.74. The fraction of sp³-hybridized carbons (Fsp3) is 0.333. The Morgan fingerprint density at radius 2 is 1.90 bits per heavy atom. The maximum Gasteiger partial charge on any atom is 0.262 e. The molecule has 0 aliphatic carbocycles. The van der Waals surface area contributed by atoms with Gasteiger partial charge in [0.2, 0.25) is 11.8 Å². The molecule has 148 valence electrons. The molecular weight excluding hydrogens is 372 g/mol. The van der Waals surface area contributed by atoms with Gasteiger partial charge in [0, 0.05) is 37.9 Å². The molecule has 0 radical (unpaired) electrons. The minimum Gasteiger partial charge on any atom is -0.364 e. The number of imide groups is 2. The summed E-state index contributed by atoms with van der Waals surface area (Å²) < 4.78 is 0. The van der Waals surface area contributed by atoms with Gasteiger partial charge in [-0.05, 0) is 36.1 Å². The van der Waals surface area contributed by atoms with Crippen LogP contribution in [0.1, 0.15) is 50.4 Å². The SMILES string of the molecule is O=C1CCC(N2C(=O)c3cccc(CN4CCc5cc[nH]c5C4)c3C2=O)C(=O)N1. The Kier molecular flexibility index (Phi) is 4.09. The van der Waals surface area contributed by atoms with Crippen LogP contribution < -0.4 is 5.32 Å². The number of benzene rings is 1. The second-order valence-corrected chi connectivity index (χ2v) is 7.73. The average molecular weight is 392 g/mol. The Hall–Kier alpha value is -3.26. The molecule has 8 heteroatoms. The molecule has 3 aliphatic heterocycles. The number of rotatable bonds is 3. The Labute approximate surface area is 166 Å². The van der Waals surface area contributed by atoms with E-state index in [4.69, 9.17) is 0 Å². The van der Waals surface area contributed by atoms with E-state index in [1.165, 1.54) is 11.3 Å². The van der Waals surface area contributed by atoms with E-state index >= 15 is 0 Å². The summed E-state index contributed by atoms with van der Waals surface area (Å²) in [6.07, 6.45) is 3.15. The molecule has 1 saturated heterocycles. The highest BCUT2D eigenvalue weighted by Crippen LogP contribution is 2.31. The third-order valence-electron chi connectivity index (χ3n) is 5.96. The van der Waals surface area contributed by atoms with Crippen LogP contribution in [-0.2, 0) is 29.1 Å². The summed E-state index contributed by atoms with van der Waals surface area (Å²) in [5.41, 5.74) is 3.98. The second-order valence-electron chi connectivity index (χ2n) is 7.73. The van der Waals surface area contributed by atoms with Gasteiger partial charge in [-0.2, -0.15) is 0 Å². The number of nitrogens with zero attached hydrogens (tertiary/aromatic N) is 2. The topological polar surface area (TPSA) is 103 Å². The number of fused-ring (bicyclic) bond motifs is 2. The molecule has 5 rings (SSSR count). The minimum absolute atomic E-state index is 0.114. The maximum absolute atomic E-state index is 13.2. The van der Waals surface area contributed by atoms with Crippen LogP contribution in [0.3, 0.4) is 0 Å². The van der Waals surface area contributed by atoms with Gasteiger partial charge >= 0.3 is 0 Å². The van der Waals surface area contributed by atoms with E-state index in [1.807, 2.05) is 12.3 Å². The van der Waals surface area contributed by atoms with Crippen molar-refractivity contribution in [3.63, 3.8) is 0 Å². The molecule has 1 unspecified atom stereocenters. The zero-order valence-electron chi connectivity index (χ0n) is 15.7. The smallest absolute Gasteiger partial charge is 0.262 e. The number of aromatic amines is 1. The predicted molar refractivity (Wildman–Crippen MR) is 102 cm³/mol. The van der Waals surface area contributed by atoms with E-state index < -0.39 is 23.8 Å². The van der Waals surface area contributed by atoms with Crippen molar-refractivity contribution in [2.45, 2.75) is 38.4 Å². The number of H-pyrrole nitrogens is 1. The number of aromatic nitrogens is 1. The number of piperidine rings is 1. The number of carbonyl (C=O) groups excluding carboxylic acids is 4. The van der Waals surface area contributed by atoms with Crippen LogP contribution in [0.15, 0.2) is 30.5 Å². The zero-order chi connectivity index (χ0) is 20.1. The van der Waals surface area contributed by atoms with E-state index in [9.17, 15) is 19.2 Å². The first-order valence-corrected chi connectivity index (χ1v) is 9.74. The number of hydrogen-bond acceptors (Lipinski definition) is 5. The maximum atomic E-state index is 13.2. The summed E-state index contributed by atoms with van der Waals surface area (Å²) in [5.74, 6) is -1.88. The average Bonchev–Trinajstić information content (AvgIpc) is 3.26. The summed E-state index contributed by atoms with van der Waals surface area (Å²) >= 11 is 0. The van der Waals surface area contributed by atoms with Crippen molar-refractivity contribution in [3.05, 3.63) is 58.4 Å². The zero-order valence-corrected chi connectivity index (χ0v) is 15.7. The van der Waals surface area contributed by atoms with E-state index in [2.05, 4.69) is 21.3 Å². The fourth-order valence-corrected chi connectivity index (χ4v) is 4.49. The van der Waals surface area contributed by atoms with Gasteiger partial charge in [0.15, 0.2) is 0 Å². The van der Waals surface area contributed by atoms with Gasteiger partial charge in [0.05, 0.1) is 11.1 Å². The summed E-state index contributed by atoms with van der Waals surface area (Å²) in [4.78, 5) is 56.3. The third kappa shape index (κ3) is 2.87.